The molecule has 0 amide bonds. The summed E-state index contributed by atoms with van der Waals surface area (Å²) in [7, 11) is 0. The maximum Gasteiger partial charge on any atom is 0.180 e. The second kappa shape index (κ2) is 2.79. The van der Waals surface area contributed by atoms with E-state index < -0.39 is 0 Å². The minimum absolute atomic E-state index is 0.705. The maximum absolute atomic E-state index is 5.59. The Morgan fingerprint density at radius 2 is 2.09 bits per heavy atom. The van der Waals surface area contributed by atoms with Gasteiger partial charge in [-0.1, -0.05) is 0 Å². The summed E-state index contributed by atoms with van der Waals surface area (Å²) in [6.07, 6.45) is 2.01. The minimum atomic E-state index is 0.705. The number of aromatic nitrogens is 1. The molecule has 11 heavy (non-hydrogen) atoms. The first-order valence-electron chi connectivity index (χ1n) is 3.73. The van der Waals surface area contributed by atoms with E-state index in [9.17, 15) is 0 Å². The molecule has 0 unspecified atom stereocenters. The summed E-state index contributed by atoms with van der Waals surface area (Å²) in [5.74, 6) is 0. The van der Waals surface area contributed by atoms with Crippen LogP contribution in [0.4, 0.5) is 5.13 Å². The molecule has 2 N–H and O–H groups in total. The summed E-state index contributed by atoms with van der Waals surface area (Å²) in [6.45, 7) is 1.85. The number of anilines is 1. The van der Waals surface area contributed by atoms with E-state index in [1.807, 2.05) is 0 Å². The van der Waals surface area contributed by atoms with E-state index in [0.29, 0.717) is 5.13 Å². The van der Waals surface area contributed by atoms with Crippen molar-refractivity contribution in [2.75, 3.05) is 18.8 Å². The van der Waals surface area contributed by atoms with Gasteiger partial charge in [0, 0.05) is 24.4 Å². The SMILES string of the molecule is Nc1nc2c(s1)CC[N]CC2. The smallest absolute Gasteiger partial charge is 0.180 e. The van der Waals surface area contributed by atoms with Crippen molar-refractivity contribution in [2.24, 2.45) is 0 Å². The number of rotatable bonds is 0. The number of nitrogens with zero attached hydrogens (tertiary/aromatic N) is 2. The minimum Gasteiger partial charge on any atom is -0.375 e. The lowest BCUT2D eigenvalue weighted by Gasteiger charge is -1.90. The van der Waals surface area contributed by atoms with Crippen LogP contribution in [0.5, 0.6) is 0 Å². The molecule has 0 saturated carbocycles. The van der Waals surface area contributed by atoms with Crippen LogP contribution >= 0.6 is 11.3 Å². The summed E-state index contributed by atoms with van der Waals surface area (Å²) in [5, 5.41) is 5.02. The molecular formula is C7H10N3S. The van der Waals surface area contributed by atoms with Crippen molar-refractivity contribution < 1.29 is 0 Å². The lowest BCUT2D eigenvalue weighted by atomic mass is 10.2. The summed E-state index contributed by atoms with van der Waals surface area (Å²) in [6, 6.07) is 0. The van der Waals surface area contributed by atoms with Gasteiger partial charge in [0.2, 0.25) is 0 Å². The third kappa shape index (κ3) is 1.36. The molecular weight excluding hydrogens is 158 g/mol. The monoisotopic (exact) mass is 168 g/mol. The Morgan fingerprint density at radius 3 is 3.00 bits per heavy atom. The van der Waals surface area contributed by atoms with Gasteiger partial charge in [-0.05, 0) is 6.42 Å². The van der Waals surface area contributed by atoms with Crippen molar-refractivity contribution in [3.05, 3.63) is 10.6 Å². The third-order valence-corrected chi connectivity index (χ3v) is 2.79. The van der Waals surface area contributed by atoms with Crippen molar-refractivity contribution in [2.45, 2.75) is 12.8 Å². The van der Waals surface area contributed by atoms with Crippen LogP contribution in [0.3, 0.4) is 0 Å². The molecule has 1 aromatic heterocycles. The Labute approximate surface area is 69.6 Å². The van der Waals surface area contributed by atoms with Crippen LogP contribution in [-0.4, -0.2) is 18.1 Å². The van der Waals surface area contributed by atoms with E-state index in [4.69, 9.17) is 5.73 Å². The molecule has 0 atom stereocenters. The Hall–Kier alpha value is -0.610. The number of hydrogen-bond acceptors (Lipinski definition) is 3. The van der Waals surface area contributed by atoms with E-state index in [1.165, 1.54) is 10.6 Å². The van der Waals surface area contributed by atoms with Crippen LogP contribution in [0.1, 0.15) is 10.6 Å². The molecule has 1 radical (unpaired) electrons. The van der Waals surface area contributed by atoms with Gasteiger partial charge in [-0.15, -0.1) is 11.3 Å². The molecule has 1 aliphatic rings. The van der Waals surface area contributed by atoms with Gasteiger partial charge >= 0.3 is 0 Å². The quantitative estimate of drug-likeness (QED) is 0.610. The van der Waals surface area contributed by atoms with Crippen molar-refractivity contribution in [3.8, 4) is 0 Å². The maximum atomic E-state index is 5.59. The third-order valence-electron chi connectivity index (χ3n) is 1.80. The Bertz CT molecular complexity index is 233. The van der Waals surface area contributed by atoms with Crippen LogP contribution in [0.2, 0.25) is 0 Å². The van der Waals surface area contributed by atoms with Crippen LogP contribution in [0.25, 0.3) is 0 Å². The molecule has 0 aromatic carbocycles. The van der Waals surface area contributed by atoms with Gasteiger partial charge in [0.05, 0.1) is 5.69 Å². The molecule has 2 heterocycles. The lowest BCUT2D eigenvalue weighted by Crippen LogP contribution is -2.07. The molecule has 2 rings (SSSR count). The molecule has 59 valence electrons. The summed E-state index contributed by atoms with van der Waals surface area (Å²) >= 11 is 1.61. The first kappa shape index (κ1) is 7.06. The standard InChI is InChI=1S/C7H10N3S/c8-7-10-5-1-3-9-4-2-6(5)11-7/h1-4H2,(H2,8,10). The van der Waals surface area contributed by atoms with Gasteiger partial charge in [-0.3, -0.25) is 0 Å². The van der Waals surface area contributed by atoms with Gasteiger partial charge < -0.3 is 5.73 Å². The molecule has 1 aromatic rings. The average Bonchev–Trinajstić information content (AvgIpc) is 2.17. The second-order valence-electron chi connectivity index (χ2n) is 2.59. The number of thiazole rings is 1. The summed E-state index contributed by atoms with van der Waals surface area (Å²) in [4.78, 5) is 5.58. The molecule has 0 fully saturated rings. The normalized spacial score (nSPS) is 17.5. The number of nitrogens with two attached hydrogens (primary N) is 1. The second-order valence-corrected chi connectivity index (χ2v) is 3.71. The Kier molecular flexibility index (Phi) is 1.79. The topological polar surface area (TPSA) is 53.0 Å². The van der Waals surface area contributed by atoms with E-state index in [2.05, 4.69) is 10.3 Å². The van der Waals surface area contributed by atoms with Crippen molar-refractivity contribution in [1.82, 2.24) is 10.3 Å². The first-order chi connectivity index (χ1) is 5.36. The average molecular weight is 168 g/mol. The fourth-order valence-corrected chi connectivity index (χ4v) is 2.14. The van der Waals surface area contributed by atoms with Crippen LogP contribution in [0.15, 0.2) is 0 Å². The van der Waals surface area contributed by atoms with Crippen LogP contribution < -0.4 is 11.1 Å². The predicted octanol–water partition coefficient (Wildman–Crippen LogP) is 0.428. The van der Waals surface area contributed by atoms with E-state index in [1.54, 1.807) is 11.3 Å². The van der Waals surface area contributed by atoms with Crippen LogP contribution in [-0.2, 0) is 12.8 Å². The highest BCUT2D eigenvalue weighted by molar-refractivity contribution is 7.15. The zero-order valence-electron chi connectivity index (χ0n) is 6.21. The predicted molar refractivity (Wildman–Crippen MR) is 45.8 cm³/mol. The van der Waals surface area contributed by atoms with E-state index in [0.717, 1.165) is 25.9 Å². The molecule has 0 spiro atoms. The van der Waals surface area contributed by atoms with Crippen molar-refractivity contribution in [3.63, 3.8) is 0 Å². The molecule has 0 aliphatic carbocycles. The number of hydrogen-bond donors (Lipinski definition) is 1. The van der Waals surface area contributed by atoms with Gasteiger partial charge in [-0.2, -0.15) is 0 Å². The fraction of sp³-hybridized carbons (Fsp3) is 0.571. The molecule has 4 heteroatoms. The Morgan fingerprint density at radius 1 is 1.27 bits per heavy atom. The van der Waals surface area contributed by atoms with Gasteiger partial charge in [-0.25, -0.2) is 10.3 Å². The summed E-state index contributed by atoms with van der Waals surface area (Å²) in [5.41, 5.74) is 6.76. The number of fused-ring (bicyclic) bond motifs is 1. The van der Waals surface area contributed by atoms with E-state index in [-0.39, 0.29) is 0 Å². The fourth-order valence-electron chi connectivity index (χ4n) is 1.27. The van der Waals surface area contributed by atoms with Gasteiger partial charge in [0.25, 0.3) is 0 Å². The van der Waals surface area contributed by atoms with Gasteiger partial charge in [0.1, 0.15) is 0 Å². The molecule has 0 bridgehead atoms. The highest BCUT2D eigenvalue weighted by Gasteiger charge is 2.12. The molecule has 0 saturated heterocycles. The van der Waals surface area contributed by atoms with Crippen LogP contribution in [0, 0.1) is 0 Å². The van der Waals surface area contributed by atoms with Crippen molar-refractivity contribution >= 4 is 16.5 Å². The molecule has 1 aliphatic heterocycles. The zero-order chi connectivity index (χ0) is 7.68. The number of nitrogen functional groups attached to an aromatic ring is 1. The molecule has 3 nitrogen and oxygen atoms in total. The highest BCUT2D eigenvalue weighted by atomic mass is 32.1. The lowest BCUT2D eigenvalue weighted by molar-refractivity contribution is 0.694. The highest BCUT2D eigenvalue weighted by Crippen LogP contribution is 2.22. The largest absolute Gasteiger partial charge is 0.375 e. The zero-order valence-corrected chi connectivity index (χ0v) is 7.02. The van der Waals surface area contributed by atoms with E-state index >= 15 is 0 Å². The van der Waals surface area contributed by atoms with Crippen molar-refractivity contribution in [1.29, 1.82) is 0 Å². The summed E-state index contributed by atoms with van der Waals surface area (Å²) < 4.78 is 0. The van der Waals surface area contributed by atoms with Gasteiger partial charge in [0.15, 0.2) is 5.13 Å². The Balaban J connectivity index is 2.32. The first-order valence-corrected chi connectivity index (χ1v) is 4.55.